The Labute approximate surface area is 273 Å². The van der Waals surface area contributed by atoms with Crippen LogP contribution in [0.25, 0.3) is 0 Å². The van der Waals surface area contributed by atoms with Gasteiger partial charge in [0, 0.05) is 62.8 Å². The minimum absolute atomic E-state index is 0.00530. The van der Waals surface area contributed by atoms with E-state index in [1.807, 2.05) is 53.2 Å². The molecule has 2 aromatic rings. The Balaban J connectivity index is 1.27. The van der Waals surface area contributed by atoms with E-state index in [0.717, 1.165) is 37.7 Å². The fraction of sp³-hybridized carbons (Fsp3) is 0.600. The van der Waals surface area contributed by atoms with Crippen molar-refractivity contribution in [1.29, 1.82) is 0 Å². The number of halogens is 1. The summed E-state index contributed by atoms with van der Waals surface area (Å²) in [6.45, 7) is 9.56. The monoisotopic (exact) mass is 639 g/mol. The third kappa shape index (κ3) is 8.38. The Morgan fingerprint density at radius 2 is 1.75 bits per heavy atom. The number of amides is 2. The van der Waals surface area contributed by atoms with Crippen LogP contribution in [0.2, 0.25) is 5.02 Å². The maximum Gasteiger partial charge on any atom is 0.245 e. The molecule has 1 saturated heterocycles. The number of likely N-dealkylation sites (N-methyl/N-ethyl adjacent to an activating group) is 1. The van der Waals surface area contributed by atoms with E-state index in [-0.39, 0.29) is 23.9 Å². The lowest BCUT2D eigenvalue weighted by Gasteiger charge is -2.45. The number of hydrogen-bond donors (Lipinski definition) is 2. The van der Waals surface area contributed by atoms with Gasteiger partial charge in [0.2, 0.25) is 11.8 Å². The Bertz CT molecular complexity index is 1230. The van der Waals surface area contributed by atoms with Gasteiger partial charge < -0.3 is 10.2 Å². The fourth-order valence-electron chi connectivity index (χ4n) is 7.43. The van der Waals surface area contributed by atoms with Gasteiger partial charge in [-0.05, 0) is 67.2 Å². The van der Waals surface area contributed by atoms with E-state index in [2.05, 4.69) is 52.1 Å². The summed E-state index contributed by atoms with van der Waals surface area (Å²) >= 11 is 8.00. The average molecular weight is 640 g/mol. The van der Waals surface area contributed by atoms with E-state index in [9.17, 15) is 9.59 Å². The normalized spacial score (nSPS) is 22.8. The lowest BCUT2D eigenvalue weighted by atomic mass is 9.83. The molecule has 3 aliphatic rings. The van der Waals surface area contributed by atoms with Crippen molar-refractivity contribution in [3.05, 3.63) is 70.2 Å². The van der Waals surface area contributed by atoms with Gasteiger partial charge in [0.25, 0.3) is 0 Å². The highest BCUT2D eigenvalue weighted by molar-refractivity contribution is 7.96. The number of hydrogen-bond acceptors (Lipinski definition) is 6. The molecule has 2 amide bonds. The molecule has 9 heteroatoms. The van der Waals surface area contributed by atoms with Crippen LogP contribution in [-0.4, -0.2) is 89.6 Å². The molecule has 0 radical (unpaired) electrons. The van der Waals surface area contributed by atoms with Crippen molar-refractivity contribution in [3.8, 4) is 0 Å². The van der Waals surface area contributed by atoms with Gasteiger partial charge in [-0.3, -0.25) is 19.8 Å². The third-order valence-corrected chi connectivity index (χ3v) is 11.1. The van der Waals surface area contributed by atoms with E-state index in [4.69, 9.17) is 11.6 Å². The van der Waals surface area contributed by atoms with Crippen LogP contribution in [0.5, 0.6) is 0 Å². The molecule has 44 heavy (non-hydrogen) atoms. The van der Waals surface area contributed by atoms with E-state index in [0.29, 0.717) is 37.0 Å². The van der Waals surface area contributed by atoms with Gasteiger partial charge in [0.15, 0.2) is 0 Å². The highest BCUT2D eigenvalue weighted by Crippen LogP contribution is 2.31. The number of nitrogens with one attached hydrogen (secondary N) is 2. The highest BCUT2D eigenvalue weighted by Gasteiger charge is 2.36. The summed E-state index contributed by atoms with van der Waals surface area (Å²) in [6.07, 6.45) is 9.86. The molecule has 2 aliphatic heterocycles. The van der Waals surface area contributed by atoms with Crippen molar-refractivity contribution in [3.63, 3.8) is 0 Å². The quantitative estimate of drug-likeness (QED) is 0.324. The van der Waals surface area contributed by atoms with Gasteiger partial charge in [0.1, 0.15) is 6.04 Å². The predicted molar refractivity (Wildman–Crippen MR) is 182 cm³/mol. The molecule has 7 nitrogen and oxygen atoms in total. The van der Waals surface area contributed by atoms with Crippen molar-refractivity contribution < 1.29 is 9.59 Å². The second kappa shape index (κ2) is 15.9. The molecular weight excluding hydrogens is 590 g/mol. The second-order valence-corrected chi connectivity index (χ2v) is 14.0. The first kappa shape index (κ1) is 33.3. The SMILES string of the molecule is CCN(CC(C1CCCCC1)N1CCN(C(=O)C(Cc2ccc(Cl)cc2)NC(=O)C2Cc3ccccc3C(C)N2)CC1)SC. The van der Waals surface area contributed by atoms with Crippen LogP contribution < -0.4 is 10.6 Å². The van der Waals surface area contributed by atoms with E-state index in [1.165, 1.54) is 43.2 Å². The summed E-state index contributed by atoms with van der Waals surface area (Å²) in [5.41, 5.74) is 3.40. The first-order valence-corrected chi connectivity index (χ1v) is 18.1. The molecule has 1 saturated carbocycles. The van der Waals surface area contributed by atoms with Crippen molar-refractivity contribution >= 4 is 35.4 Å². The molecule has 0 aromatic heterocycles. The van der Waals surface area contributed by atoms with Crippen LogP contribution >= 0.6 is 23.5 Å². The summed E-state index contributed by atoms with van der Waals surface area (Å²) in [5, 5.41) is 7.31. The molecular formula is C35H50ClN5O2S. The predicted octanol–water partition coefficient (Wildman–Crippen LogP) is 5.34. The number of nitrogens with zero attached hydrogens (tertiary/aromatic N) is 3. The van der Waals surface area contributed by atoms with Crippen LogP contribution in [0, 0.1) is 5.92 Å². The maximum absolute atomic E-state index is 14.1. The zero-order chi connectivity index (χ0) is 31.1. The third-order valence-electron chi connectivity index (χ3n) is 9.97. The van der Waals surface area contributed by atoms with Gasteiger partial charge in [0.05, 0.1) is 6.04 Å². The topological polar surface area (TPSA) is 67.9 Å². The van der Waals surface area contributed by atoms with Gasteiger partial charge >= 0.3 is 0 Å². The van der Waals surface area contributed by atoms with Crippen molar-refractivity contribution in [2.45, 2.75) is 83.0 Å². The zero-order valence-electron chi connectivity index (χ0n) is 26.6. The number of carbonyl (C=O) groups excluding carboxylic acids is 2. The Morgan fingerprint density at radius 3 is 2.43 bits per heavy atom. The van der Waals surface area contributed by atoms with Crippen LogP contribution in [0.1, 0.15) is 68.7 Å². The largest absolute Gasteiger partial charge is 0.343 e. The summed E-state index contributed by atoms with van der Waals surface area (Å²) in [4.78, 5) is 32.5. The molecule has 240 valence electrons. The zero-order valence-corrected chi connectivity index (χ0v) is 28.2. The Hall–Kier alpha value is -2.10. The summed E-state index contributed by atoms with van der Waals surface area (Å²) in [5.74, 6) is 0.608. The van der Waals surface area contributed by atoms with Crippen LogP contribution in [0.3, 0.4) is 0 Å². The van der Waals surface area contributed by atoms with E-state index < -0.39 is 6.04 Å². The van der Waals surface area contributed by atoms with Crippen LogP contribution in [-0.2, 0) is 22.4 Å². The summed E-state index contributed by atoms with van der Waals surface area (Å²) in [6, 6.07) is 15.4. The van der Waals surface area contributed by atoms with Gasteiger partial charge in [-0.15, -0.1) is 0 Å². The molecule has 0 spiro atoms. The van der Waals surface area contributed by atoms with E-state index >= 15 is 0 Å². The number of benzene rings is 2. The van der Waals surface area contributed by atoms with Crippen molar-refractivity contribution in [1.82, 2.24) is 24.7 Å². The minimum Gasteiger partial charge on any atom is -0.343 e. The molecule has 2 aromatic carbocycles. The van der Waals surface area contributed by atoms with Crippen molar-refractivity contribution in [2.24, 2.45) is 5.92 Å². The standard InChI is InChI=1S/C35H50ClN5O2S/c1-4-41(44-3)24-33(27-10-6-5-7-11-27)39-18-20-40(21-19-39)35(43)32(22-26-14-16-29(36)17-15-26)38-34(42)31-23-28-12-8-9-13-30(28)25(2)37-31/h8-9,12-17,25,27,31-33,37H,4-7,10-11,18-24H2,1-3H3,(H,38,42). The first-order chi connectivity index (χ1) is 21.4. The molecule has 5 rings (SSSR count). The minimum atomic E-state index is -0.634. The lowest BCUT2D eigenvalue weighted by molar-refractivity contribution is -0.139. The Morgan fingerprint density at radius 1 is 1.05 bits per heavy atom. The lowest BCUT2D eigenvalue weighted by Crippen LogP contribution is -2.60. The van der Waals surface area contributed by atoms with Crippen LogP contribution in [0.4, 0.5) is 0 Å². The molecule has 2 N–H and O–H groups in total. The molecule has 2 heterocycles. The number of rotatable bonds is 11. The van der Waals surface area contributed by atoms with E-state index in [1.54, 1.807) is 0 Å². The number of piperazine rings is 1. The van der Waals surface area contributed by atoms with Gasteiger partial charge in [-0.1, -0.05) is 86.1 Å². The number of carbonyl (C=O) groups is 2. The molecule has 0 bridgehead atoms. The number of fused-ring (bicyclic) bond motifs is 1. The first-order valence-electron chi connectivity index (χ1n) is 16.6. The molecule has 4 atom stereocenters. The average Bonchev–Trinajstić information content (AvgIpc) is 3.06. The van der Waals surface area contributed by atoms with Crippen LogP contribution in [0.15, 0.2) is 48.5 Å². The molecule has 4 unspecified atom stereocenters. The summed E-state index contributed by atoms with van der Waals surface area (Å²) in [7, 11) is 0. The van der Waals surface area contributed by atoms with Gasteiger partial charge in [-0.25, -0.2) is 4.31 Å². The molecule has 2 fully saturated rings. The Kier molecular flexibility index (Phi) is 12.1. The second-order valence-electron chi connectivity index (χ2n) is 12.7. The highest BCUT2D eigenvalue weighted by atomic mass is 35.5. The van der Waals surface area contributed by atoms with Gasteiger partial charge in [-0.2, -0.15) is 0 Å². The fourth-order valence-corrected chi connectivity index (χ4v) is 8.11. The summed E-state index contributed by atoms with van der Waals surface area (Å²) < 4.78 is 2.48. The molecule has 1 aliphatic carbocycles. The van der Waals surface area contributed by atoms with Crippen molar-refractivity contribution in [2.75, 3.05) is 45.5 Å². The maximum atomic E-state index is 14.1. The smallest absolute Gasteiger partial charge is 0.245 e.